The molecule has 2 N–H and O–H groups in total. The third-order valence-electron chi connectivity index (χ3n) is 3.31. The molecular formula is C14H19ClN2O. The summed E-state index contributed by atoms with van der Waals surface area (Å²) in [6, 6.07) is 5.52. The number of hydrogen-bond donors (Lipinski definition) is 1. The number of rotatable bonds is 6. The van der Waals surface area contributed by atoms with Crippen molar-refractivity contribution < 1.29 is 4.42 Å². The van der Waals surface area contributed by atoms with E-state index in [2.05, 4.69) is 11.9 Å². The Morgan fingerprint density at radius 1 is 1.39 bits per heavy atom. The molecule has 0 bridgehead atoms. The van der Waals surface area contributed by atoms with Crippen molar-refractivity contribution in [2.75, 3.05) is 6.54 Å². The number of hydrogen-bond acceptors (Lipinski definition) is 3. The molecule has 0 saturated heterocycles. The molecule has 0 amide bonds. The Hall–Kier alpha value is -1.06. The zero-order valence-electron chi connectivity index (χ0n) is 10.7. The predicted molar refractivity (Wildman–Crippen MR) is 74.8 cm³/mol. The second-order valence-corrected chi connectivity index (χ2v) is 5.05. The zero-order chi connectivity index (χ0) is 13.0. The molecule has 98 valence electrons. The Morgan fingerprint density at radius 3 is 2.94 bits per heavy atom. The highest BCUT2D eigenvalue weighted by Crippen LogP contribution is 2.22. The van der Waals surface area contributed by atoms with Crippen molar-refractivity contribution in [1.29, 1.82) is 0 Å². The smallest absolute Gasteiger partial charge is 0.195 e. The van der Waals surface area contributed by atoms with Gasteiger partial charge in [0.05, 0.1) is 0 Å². The fourth-order valence-corrected chi connectivity index (χ4v) is 2.34. The van der Waals surface area contributed by atoms with Gasteiger partial charge in [-0.15, -0.1) is 0 Å². The fraction of sp³-hybridized carbons (Fsp3) is 0.500. The number of halogens is 1. The van der Waals surface area contributed by atoms with E-state index < -0.39 is 0 Å². The number of nitrogens with zero attached hydrogens (tertiary/aromatic N) is 1. The van der Waals surface area contributed by atoms with Crippen LogP contribution in [0.5, 0.6) is 0 Å². The Bertz CT molecular complexity index is 509. The fourth-order valence-electron chi connectivity index (χ4n) is 2.17. The summed E-state index contributed by atoms with van der Waals surface area (Å²) < 4.78 is 5.70. The van der Waals surface area contributed by atoms with Gasteiger partial charge in [0, 0.05) is 11.4 Å². The van der Waals surface area contributed by atoms with Gasteiger partial charge in [0.25, 0.3) is 0 Å². The predicted octanol–water partition coefficient (Wildman–Crippen LogP) is 3.79. The topological polar surface area (TPSA) is 52.0 Å². The molecule has 0 aliphatic carbocycles. The lowest BCUT2D eigenvalue weighted by Crippen LogP contribution is -2.09. The lowest BCUT2D eigenvalue weighted by Gasteiger charge is -2.11. The largest absolute Gasteiger partial charge is 0.441 e. The molecule has 0 radical (unpaired) electrons. The highest BCUT2D eigenvalue weighted by molar-refractivity contribution is 6.31. The first-order valence-electron chi connectivity index (χ1n) is 6.48. The minimum Gasteiger partial charge on any atom is -0.441 e. The molecule has 1 aromatic heterocycles. The molecular weight excluding hydrogens is 248 g/mol. The van der Waals surface area contributed by atoms with E-state index in [9.17, 15) is 0 Å². The van der Waals surface area contributed by atoms with Crippen molar-refractivity contribution in [1.82, 2.24) is 4.98 Å². The maximum atomic E-state index is 5.92. The Morgan fingerprint density at radius 2 is 2.22 bits per heavy atom. The van der Waals surface area contributed by atoms with Crippen molar-refractivity contribution in [2.24, 2.45) is 11.7 Å². The van der Waals surface area contributed by atoms with Crippen LogP contribution in [0.1, 0.15) is 32.1 Å². The number of fused-ring (bicyclic) bond motifs is 1. The van der Waals surface area contributed by atoms with Crippen LogP contribution >= 0.6 is 11.6 Å². The maximum absolute atomic E-state index is 5.92. The quantitative estimate of drug-likeness (QED) is 0.865. The van der Waals surface area contributed by atoms with Crippen LogP contribution in [-0.4, -0.2) is 11.5 Å². The summed E-state index contributed by atoms with van der Waals surface area (Å²) in [5.41, 5.74) is 7.24. The minimum atomic E-state index is 0.661. The molecule has 1 heterocycles. The van der Waals surface area contributed by atoms with Crippen LogP contribution in [0.2, 0.25) is 5.02 Å². The van der Waals surface area contributed by atoms with Crippen LogP contribution in [0.4, 0.5) is 0 Å². The van der Waals surface area contributed by atoms with E-state index in [0.29, 0.717) is 10.9 Å². The summed E-state index contributed by atoms with van der Waals surface area (Å²) in [5.74, 6) is 1.45. The molecule has 0 fully saturated rings. The van der Waals surface area contributed by atoms with Gasteiger partial charge in [0.15, 0.2) is 11.5 Å². The Labute approximate surface area is 112 Å². The minimum absolute atomic E-state index is 0.661. The first-order chi connectivity index (χ1) is 8.72. The lowest BCUT2D eigenvalue weighted by atomic mass is 9.97. The van der Waals surface area contributed by atoms with E-state index in [-0.39, 0.29) is 0 Å². The van der Waals surface area contributed by atoms with Crippen LogP contribution in [0, 0.1) is 5.92 Å². The summed E-state index contributed by atoms with van der Waals surface area (Å²) in [4.78, 5) is 4.46. The number of aromatic nitrogens is 1. The highest BCUT2D eigenvalue weighted by Gasteiger charge is 2.10. The molecule has 3 nitrogen and oxygen atoms in total. The van der Waals surface area contributed by atoms with E-state index in [4.69, 9.17) is 21.8 Å². The first kappa shape index (κ1) is 13.4. The Kier molecular flexibility index (Phi) is 4.61. The lowest BCUT2D eigenvalue weighted by molar-refractivity contribution is 0.415. The summed E-state index contributed by atoms with van der Waals surface area (Å²) in [5, 5.41) is 0.692. The van der Waals surface area contributed by atoms with Gasteiger partial charge in [-0.05, 0) is 43.5 Å². The molecule has 0 aliphatic rings. The number of aryl methyl sites for hydroxylation is 1. The maximum Gasteiger partial charge on any atom is 0.195 e. The number of oxazole rings is 1. The Balaban J connectivity index is 2.03. The van der Waals surface area contributed by atoms with Crippen LogP contribution in [0.25, 0.3) is 11.1 Å². The molecule has 1 aromatic carbocycles. The second kappa shape index (κ2) is 6.21. The first-order valence-corrected chi connectivity index (χ1v) is 6.85. The molecule has 18 heavy (non-hydrogen) atoms. The van der Waals surface area contributed by atoms with Gasteiger partial charge in [0.1, 0.15) is 5.52 Å². The molecule has 2 rings (SSSR count). The van der Waals surface area contributed by atoms with Crippen molar-refractivity contribution in [3.8, 4) is 0 Å². The SMILES string of the molecule is CCC(CCN)CCc1nc2cc(Cl)ccc2o1. The molecule has 2 aromatic rings. The van der Waals surface area contributed by atoms with E-state index in [1.165, 1.54) is 0 Å². The van der Waals surface area contributed by atoms with Crippen molar-refractivity contribution in [2.45, 2.75) is 32.6 Å². The standard InChI is InChI=1S/C14H19ClN2O/c1-2-10(7-8-16)3-6-14-17-12-9-11(15)4-5-13(12)18-14/h4-5,9-10H,2-3,6-8,16H2,1H3. The van der Waals surface area contributed by atoms with Gasteiger partial charge in [0.2, 0.25) is 0 Å². The second-order valence-electron chi connectivity index (χ2n) is 4.61. The van der Waals surface area contributed by atoms with Gasteiger partial charge < -0.3 is 10.2 Å². The van der Waals surface area contributed by atoms with Gasteiger partial charge >= 0.3 is 0 Å². The average Bonchev–Trinajstić information content (AvgIpc) is 2.76. The highest BCUT2D eigenvalue weighted by atomic mass is 35.5. The third kappa shape index (κ3) is 3.24. The summed E-state index contributed by atoms with van der Waals surface area (Å²) in [6.45, 7) is 2.95. The van der Waals surface area contributed by atoms with Gasteiger partial charge in [-0.1, -0.05) is 24.9 Å². The van der Waals surface area contributed by atoms with E-state index in [1.54, 1.807) is 0 Å². The van der Waals surface area contributed by atoms with E-state index in [0.717, 1.165) is 49.2 Å². The van der Waals surface area contributed by atoms with Gasteiger partial charge in [-0.2, -0.15) is 0 Å². The van der Waals surface area contributed by atoms with Crippen LogP contribution in [0.3, 0.4) is 0 Å². The summed E-state index contributed by atoms with van der Waals surface area (Å²) >= 11 is 5.92. The molecule has 1 atom stereocenters. The van der Waals surface area contributed by atoms with Gasteiger partial charge in [-0.25, -0.2) is 4.98 Å². The third-order valence-corrected chi connectivity index (χ3v) is 3.55. The monoisotopic (exact) mass is 266 g/mol. The zero-order valence-corrected chi connectivity index (χ0v) is 11.4. The van der Waals surface area contributed by atoms with E-state index in [1.807, 2.05) is 18.2 Å². The van der Waals surface area contributed by atoms with Crippen molar-refractivity contribution in [3.63, 3.8) is 0 Å². The van der Waals surface area contributed by atoms with Crippen molar-refractivity contribution in [3.05, 3.63) is 29.1 Å². The normalized spacial score (nSPS) is 13.1. The summed E-state index contributed by atoms with van der Waals surface area (Å²) in [6.07, 6.45) is 4.17. The number of nitrogens with two attached hydrogens (primary N) is 1. The van der Waals surface area contributed by atoms with Crippen LogP contribution in [-0.2, 0) is 6.42 Å². The summed E-state index contributed by atoms with van der Waals surface area (Å²) in [7, 11) is 0. The molecule has 1 unspecified atom stereocenters. The van der Waals surface area contributed by atoms with E-state index >= 15 is 0 Å². The van der Waals surface area contributed by atoms with Crippen LogP contribution < -0.4 is 5.73 Å². The number of benzene rings is 1. The molecule has 0 saturated carbocycles. The van der Waals surface area contributed by atoms with Crippen LogP contribution in [0.15, 0.2) is 22.6 Å². The van der Waals surface area contributed by atoms with Crippen molar-refractivity contribution >= 4 is 22.7 Å². The molecule has 4 heteroatoms. The van der Waals surface area contributed by atoms with Gasteiger partial charge in [-0.3, -0.25) is 0 Å². The molecule has 0 spiro atoms. The molecule has 0 aliphatic heterocycles. The average molecular weight is 267 g/mol.